The van der Waals surface area contributed by atoms with Gasteiger partial charge in [-0.1, -0.05) is 0 Å². The summed E-state index contributed by atoms with van der Waals surface area (Å²) in [6.45, 7) is 0. The summed E-state index contributed by atoms with van der Waals surface area (Å²) in [6, 6.07) is 4.45. The first-order valence-corrected chi connectivity index (χ1v) is 5.39. The predicted octanol–water partition coefficient (Wildman–Crippen LogP) is 0.368. The zero-order valence-corrected chi connectivity index (χ0v) is 8.72. The van der Waals surface area contributed by atoms with Crippen molar-refractivity contribution in [3.8, 4) is 0 Å². The second kappa shape index (κ2) is 6.19. The van der Waals surface area contributed by atoms with E-state index in [4.69, 9.17) is 4.55 Å². The van der Waals surface area contributed by atoms with Crippen LogP contribution in [0.3, 0.4) is 0 Å². The van der Waals surface area contributed by atoms with Crippen molar-refractivity contribution in [2.75, 3.05) is 24.7 Å². The van der Waals surface area contributed by atoms with Gasteiger partial charge in [0.2, 0.25) is 0 Å². The molecule has 15 heavy (non-hydrogen) atoms. The molecule has 80 valence electrons. The van der Waals surface area contributed by atoms with E-state index in [9.17, 15) is 8.42 Å². The van der Waals surface area contributed by atoms with Gasteiger partial charge in [0.1, 0.15) is 0 Å². The summed E-state index contributed by atoms with van der Waals surface area (Å²) >= 11 is 0. The Morgan fingerprint density at radius 3 is 1.73 bits per heavy atom. The molecule has 0 amide bonds. The van der Waals surface area contributed by atoms with Gasteiger partial charge in [0, 0.05) is 25.5 Å². The fourth-order valence-corrected chi connectivity index (χ4v) is 1.59. The van der Waals surface area contributed by atoms with Crippen molar-refractivity contribution >= 4 is 72.9 Å². The zero-order chi connectivity index (χ0) is 10.8. The summed E-state index contributed by atoms with van der Waals surface area (Å²) in [5.41, 5.74) is 1.23. The van der Waals surface area contributed by atoms with Crippen LogP contribution in [-0.2, 0) is 10.1 Å². The molecule has 1 aromatic carbocycles. The SMILES string of the molecule is CNc1cc(NC)cc(S(=O)(=O)O)c1.[KH]. The average Bonchev–Trinajstić information content (AvgIpc) is 2.15. The van der Waals surface area contributed by atoms with Crippen molar-refractivity contribution in [1.82, 2.24) is 0 Å². The van der Waals surface area contributed by atoms with Crippen molar-refractivity contribution in [3.05, 3.63) is 18.2 Å². The summed E-state index contributed by atoms with van der Waals surface area (Å²) < 4.78 is 30.6. The van der Waals surface area contributed by atoms with Gasteiger partial charge in [-0.3, -0.25) is 4.55 Å². The third kappa shape index (κ3) is 4.39. The molecule has 0 heterocycles. The molecule has 0 aliphatic rings. The van der Waals surface area contributed by atoms with E-state index < -0.39 is 10.1 Å². The van der Waals surface area contributed by atoms with Gasteiger partial charge in [0.15, 0.2) is 0 Å². The van der Waals surface area contributed by atoms with Gasteiger partial charge in [-0.15, -0.1) is 0 Å². The molecule has 0 radical (unpaired) electrons. The van der Waals surface area contributed by atoms with Gasteiger partial charge < -0.3 is 10.6 Å². The molecule has 1 aromatic rings. The fraction of sp³-hybridized carbons (Fsp3) is 0.250. The summed E-state index contributed by atoms with van der Waals surface area (Å²) in [4.78, 5) is -0.131. The zero-order valence-electron chi connectivity index (χ0n) is 7.90. The molecule has 7 heteroatoms. The molecule has 0 saturated carbocycles. The Bertz CT molecular complexity index is 411. The maximum atomic E-state index is 10.9. The van der Waals surface area contributed by atoms with Crippen LogP contribution in [0.1, 0.15) is 0 Å². The van der Waals surface area contributed by atoms with Gasteiger partial charge in [0.25, 0.3) is 10.1 Å². The van der Waals surface area contributed by atoms with Crippen LogP contribution in [0.15, 0.2) is 23.1 Å². The van der Waals surface area contributed by atoms with E-state index >= 15 is 0 Å². The fourth-order valence-electron chi connectivity index (χ4n) is 1.04. The topological polar surface area (TPSA) is 78.4 Å². The summed E-state index contributed by atoms with van der Waals surface area (Å²) in [7, 11) is -0.810. The minimum atomic E-state index is -4.15. The van der Waals surface area contributed by atoms with E-state index in [-0.39, 0.29) is 56.3 Å². The third-order valence-corrected chi connectivity index (χ3v) is 2.61. The first-order valence-electron chi connectivity index (χ1n) is 3.95. The van der Waals surface area contributed by atoms with Crippen molar-refractivity contribution in [2.45, 2.75) is 4.90 Å². The molecule has 0 unspecified atom stereocenters. The van der Waals surface area contributed by atoms with Crippen LogP contribution >= 0.6 is 0 Å². The van der Waals surface area contributed by atoms with Gasteiger partial charge in [-0.25, -0.2) is 0 Å². The van der Waals surface area contributed by atoms with E-state index in [1.807, 2.05) is 0 Å². The first-order chi connectivity index (χ1) is 6.47. The monoisotopic (exact) mass is 256 g/mol. The Kier molecular flexibility index (Phi) is 6.34. The van der Waals surface area contributed by atoms with Gasteiger partial charge >= 0.3 is 51.4 Å². The number of benzene rings is 1. The molecule has 5 nitrogen and oxygen atoms in total. The van der Waals surface area contributed by atoms with E-state index in [1.165, 1.54) is 12.1 Å². The molecule has 0 saturated heterocycles. The number of rotatable bonds is 3. The van der Waals surface area contributed by atoms with Crippen LogP contribution in [0.2, 0.25) is 0 Å². The normalized spacial score (nSPS) is 10.3. The third-order valence-electron chi connectivity index (χ3n) is 1.78. The quantitative estimate of drug-likeness (QED) is 0.538. The van der Waals surface area contributed by atoms with E-state index in [0.717, 1.165) is 0 Å². The summed E-state index contributed by atoms with van der Waals surface area (Å²) in [5, 5.41) is 5.60. The van der Waals surface area contributed by atoms with E-state index in [1.54, 1.807) is 20.2 Å². The van der Waals surface area contributed by atoms with Crippen molar-refractivity contribution in [2.24, 2.45) is 0 Å². The number of hydrogen-bond acceptors (Lipinski definition) is 4. The maximum absolute atomic E-state index is 10.9. The van der Waals surface area contributed by atoms with Crippen LogP contribution in [0, 0.1) is 0 Å². The summed E-state index contributed by atoms with van der Waals surface area (Å²) in [5.74, 6) is 0. The molecule has 0 aliphatic carbocycles. The van der Waals surface area contributed by atoms with Crippen LogP contribution in [0.25, 0.3) is 0 Å². The van der Waals surface area contributed by atoms with Crippen molar-refractivity contribution in [3.63, 3.8) is 0 Å². The summed E-state index contributed by atoms with van der Waals surface area (Å²) in [6.07, 6.45) is 0. The number of nitrogens with one attached hydrogen (secondary N) is 2. The van der Waals surface area contributed by atoms with Crippen LogP contribution in [0.5, 0.6) is 0 Å². The molecule has 1 rings (SSSR count). The molecule has 0 aromatic heterocycles. The minimum absolute atomic E-state index is 0. The number of hydrogen-bond donors (Lipinski definition) is 3. The second-order valence-corrected chi connectivity index (χ2v) is 4.14. The van der Waals surface area contributed by atoms with E-state index in [0.29, 0.717) is 11.4 Å². The van der Waals surface area contributed by atoms with E-state index in [2.05, 4.69) is 10.6 Å². The number of anilines is 2. The Labute approximate surface area is 132 Å². The average molecular weight is 256 g/mol. The Balaban J connectivity index is 0.00000196. The molecule has 0 aliphatic heterocycles. The molecule has 0 atom stereocenters. The molecule has 3 N–H and O–H groups in total. The van der Waals surface area contributed by atoms with Gasteiger partial charge in [-0.2, -0.15) is 8.42 Å². The molecule has 0 spiro atoms. The van der Waals surface area contributed by atoms with Crippen molar-refractivity contribution < 1.29 is 13.0 Å². The molecule has 0 bridgehead atoms. The van der Waals surface area contributed by atoms with Gasteiger partial charge in [0.05, 0.1) is 4.90 Å². The molecular weight excluding hydrogens is 243 g/mol. The first kappa shape index (κ1) is 15.4. The van der Waals surface area contributed by atoms with Gasteiger partial charge in [-0.05, 0) is 18.2 Å². The molecular formula is C8H13KN2O3S. The Morgan fingerprint density at radius 2 is 1.47 bits per heavy atom. The predicted molar refractivity (Wildman–Crippen MR) is 62.5 cm³/mol. The van der Waals surface area contributed by atoms with Crippen LogP contribution in [0.4, 0.5) is 11.4 Å². The molecule has 0 fully saturated rings. The van der Waals surface area contributed by atoms with Crippen LogP contribution in [-0.4, -0.2) is 78.5 Å². The van der Waals surface area contributed by atoms with Crippen molar-refractivity contribution in [1.29, 1.82) is 0 Å². The standard InChI is InChI=1S/C8H12N2O3S.K.H/c1-9-6-3-7(10-2)5-8(4-6)14(11,12)13;;/h3-5,9-10H,1-2H3,(H,11,12,13);;. The van der Waals surface area contributed by atoms with Crippen LogP contribution < -0.4 is 10.6 Å². The Hall–Kier alpha value is 0.366. The second-order valence-electron chi connectivity index (χ2n) is 2.72. The Morgan fingerprint density at radius 1 is 1.07 bits per heavy atom.